The highest BCUT2D eigenvalue weighted by molar-refractivity contribution is 6.24. The molecule has 1 N–H and O–H groups in total. The molecule has 0 bridgehead atoms. The predicted octanol–water partition coefficient (Wildman–Crippen LogP) is 6.56. The Balaban J connectivity index is 1.40. The van der Waals surface area contributed by atoms with E-state index < -0.39 is 76.5 Å². The molecule has 260 valence electrons. The van der Waals surface area contributed by atoms with Crippen molar-refractivity contribution in [3.8, 4) is 5.75 Å². The number of aromatic nitrogens is 1. The summed E-state index contributed by atoms with van der Waals surface area (Å²) in [6.45, 7) is -1.38. The molecular weight excluding hydrogens is 704 g/mol. The molecule has 0 spiro atoms. The van der Waals surface area contributed by atoms with Gasteiger partial charge in [-0.25, -0.2) is 54.5 Å². The predicted molar refractivity (Wildman–Crippen MR) is 164 cm³/mol. The first kappa shape index (κ1) is 33.6. The Labute approximate surface area is 279 Å². The maximum atomic E-state index is 14.7. The van der Waals surface area contributed by atoms with Crippen LogP contribution in [0.5, 0.6) is 5.75 Å². The van der Waals surface area contributed by atoms with Crippen molar-refractivity contribution in [3.63, 3.8) is 0 Å². The highest BCUT2D eigenvalue weighted by Crippen LogP contribution is 2.41. The van der Waals surface area contributed by atoms with Gasteiger partial charge in [-0.15, -0.1) is 0 Å². The fourth-order valence-electron chi connectivity index (χ4n) is 5.75. The van der Waals surface area contributed by atoms with Crippen LogP contribution in [0.3, 0.4) is 0 Å². The molecular formula is C32H16BF11N6O. The average Bonchev–Trinajstić information content (AvgIpc) is 3.69. The van der Waals surface area contributed by atoms with Crippen LogP contribution >= 0.6 is 0 Å². The van der Waals surface area contributed by atoms with Gasteiger partial charge in [0.25, 0.3) is 0 Å². The van der Waals surface area contributed by atoms with Gasteiger partial charge in [0.1, 0.15) is 23.3 Å². The van der Waals surface area contributed by atoms with Gasteiger partial charge in [0, 0.05) is 41.1 Å². The quantitative estimate of drug-likeness (QED) is 0.0970. The van der Waals surface area contributed by atoms with E-state index in [2.05, 4.69) is 20.3 Å². The molecule has 0 saturated carbocycles. The second kappa shape index (κ2) is 12.2. The fourth-order valence-corrected chi connectivity index (χ4v) is 5.75. The van der Waals surface area contributed by atoms with Gasteiger partial charge >= 0.3 is 0 Å². The van der Waals surface area contributed by atoms with Gasteiger partial charge in [0.05, 0.1) is 0 Å². The monoisotopic (exact) mass is 720 g/mol. The number of nitrogens with one attached hydrogen (secondary N) is 1. The van der Waals surface area contributed by atoms with Crippen molar-refractivity contribution < 1.29 is 53.0 Å². The number of nitrogens with zero attached hydrogens (tertiary/aromatic N) is 5. The lowest BCUT2D eigenvalue weighted by Gasteiger charge is -2.20. The lowest BCUT2D eigenvalue weighted by Crippen LogP contribution is -2.30. The third kappa shape index (κ3) is 5.34. The van der Waals surface area contributed by atoms with Gasteiger partial charge in [0.2, 0.25) is 37.1 Å². The Hall–Kier alpha value is -5.88. The molecule has 2 aliphatic rings. The van der Waals surface area contributed by atoms with Crippen LogP contribution in [0.25, 0.3) is 10.8 Å². The summed E-state index contributed by atoms with van der Waals surface area (Å²) in [5, 5.41) is 2.54. The van der Waals surface area contributed by atoms with E-state index in [1.54, 1.807) is 0 Å². The second-order valence-electron chi connectivity index (χ2n) is 11.2. The minimum Gasteiger partial charge on any atom is -0.467 e. The minimum atomic E-state index is -2.43. The third-order valence-electron chi connectivity index (χ3n) is 8.19. The molecule has 4 aromatic carbocycles. The van der Waals surface area contributed by atoms with E-state index >= 15 is 0 Å². The molecule has 2 aliphatic heterocycles. The van der Waals surface area contributed by atoms with E-state index in [-0.39, 0.29) is 68.7 Å². The molecule has 0 aliphatic carbocycles. The highest BCUT2D eigenvalue weighted by Gasteiger charge is 2.32. The van der Waals surface area contributed by atoms with Crippen LogP contribution in [0, 0.1) is 64.0 Å². The Morgan fingerprint density at radius 1 is 0.667 bits per heavy atom. The summed E-state index contributed by atoms with van der Waals surface area (Å²) in [7, 11) is 2.81. The number of rotatable bonds is 5. The molecule has 51 heavy (non-hydrogen) atoms. The van der Waals surface area contributed by atoms with Gasteiger partial charge in [-0.2, -0.15) is 8.78 Å². The number of hydrogen-bond donors (Lipinski definition) is 1. The van der Waals surface area contributed by atoms with Gasteiger partial charge in [-0.3, -0.25) is 0 Å². The minimum absolute atomic E-state index is 0.0433. The molecule has 7 nitrogen and oxygen atoms in total. The van der Waals surface area contributed by atoms with E-state index in [1.165, 1.54) is 19.5 Å². The lowest BCUT2D eigenvalue weighted by atomic mass is 10.1. The summed E-state index contributed by atoms with van der Waals surface area (Å²) in [4.78, 5) is 14.2. The van der Waals surface area contributed by atoms with Crippen molar-refractivity contribution in [2.24, 2.45) is 15.0 Å². The molecule has 0 unspecified atom stereocenters. The molecule has 0 atom stereocenters. The number of fused-ring (bicyclic) bond motifs is 3. The van der Waals surface area contributed by atoms with Crippen LogP contribution in [0.1, 0.15) is 22.3 Å². The zero-order chi connectivity index (χ0) is 36.6. The number of hydrogen-bond acceptors (Lipinski definition) is 4. The normalized spacial score (nSPS) is 15.3. The molecule has 1 aromatic heterocycles. The van der Waals surface area contributed by atoms with Crippen LogP contribution in [0.4, 0.5) is 59.9 Å². The van der Waals surface area contributed by atoms with Crippen molar-refractivity contribution in [2.45, 2.75) is 6.54 Å². The lowest BCUT2D eigenvalue weighted by molar-refractivity contribution is 0.171. The Kier molecular flexibility index (Phi) is 8.02. The number of ether oxygens (including phenoxy) is 1. The average molecular weight is 720 g/mol. The zero-order valence-corrected chi connectivity index (χ0v) is 25.7. The van der Waals surface area contributed by atoms with E-state index in [9.17, 15) is 48.3 Å². The Morgan fingerprint density at radius 3 is 1.75 bits per heavy atom. The van der Waals surface area contributed by atoms with E-state index in [0.717, 1.165) is 41.3 Å². The summed E-state index contributed by atoms with van der Waals surface area (Å²) in [5.41, 5.74) is 0.134. The van der Waals surface area contributed by atoms with Crippen molar-refractivity contribution in [1.29, 1.82) is 0 Å². The van der Waals surface area contributed by atoms with Crippen LogP contribution in [-0.4, -0.2) is 48.6 Å². The Bertz CT molecular complexity index is 2420. The zero-order valence-electron chi connectivity index (χ0n) is 25.7. The fraction of sp³-hybridized carbons (Fsp3) is 0.0938. The van der Waals surface area contributed by atoms with E-state index in [0.29, 0.717) is 0 Å². The van der Waals surface area contributed by atoms with Crippen LogP contribution in [0.2, 0.25) is 0 Å². The van der Waals surface area contributed by atoms with Gasteiger partial charge < -0.3 is 19.4 Å². The first-order chi connectivity index (χ1) is 24.2. The van der Waals surface area contributed by atoms with Crippen LogP contribution in [0.15, 0.2) is 51.4 Å². The largest absolute Gasteiger partial charge is 0.467 e. The summed E-state index contributed by atoms with van der Waals surface area (Å²) in [6, 6.07) is 4.77. The van der Waals surface area contributed by atoms with E-state index in [4.69, 9.17) is 4.74 Å². The smallest absolute Gasteiger partial charge is 0.227 e. The van der Waals surface area contributed by atoms with Crippen molar-refractivity contribution in [3.05, 3.63) is 123 Å². The maximum Gasteiger partial charge on any atom is 0.227 e. The first-order valence-corrected chi connectivity index (χ1v) is 14.5. The van der Waals surface area contributed by atoms with Crippen molar-refractivity contribution in [1.82, 2.24) is 14.7 Å². The molecule has 7 rings (SSSR count). The molecule has 5 aromatic rings. The van der Waals surface area contributed by atoms with Crippen LogP contribution < -0.4 is 10.1 Å². The Morgan fingerprint density at radius 2 is 1.16 bits per heavy atom. The summed E-state index contributed by atoms with van der Waals surface area (Å²) < 4.78 is 163. The SMILES string of the molecule is Bn1c(/N=C2\N=C(NC)c3cc(F)c(F)cc32)c2cc(F)c(F)cc2c1/N=C1/c2cc(F)c(F)cc2CN1COc1c(F)c(F)c(F)c(F)c1F. The number of halogens is 11. The number of amidine groups is 3. The molecule has 0 saturated heterocycles. The number of benzene rings is 4. The summed E-state index contributed by atoms with van der Waals surface area (Å²) in [5.74, 6) is -21.6. The third-order valence-corrected chi connectivity index (χ3v) is 8.19. The molecule has 19 heteroatoms. The van der Waals surface area contributed by atoms with Gasteiger partial charge in [-0.1, -0.05) is 0 Å². The van der Waals surface area contributed by atoms with E-state index in [1.807, 2.05) is 0 Å². The van der Waals surface area contributed by atoms with Crippen molar-refractivity contribution >= 4 is 47.9 Å². The topological polar surface area (TPSA) is 66.5 Å². The second-order valence-corrected chi connectivity index (χ2v) is 11.2. The van der Waals surface area contributed by atoms with Crippen LogP contribution in [-0.2, 0) is 6.54 Å². The molecule has 0 radical (unpaired) electrons. The summed E-state index contributed by atoms with van der Waals surface area (Å²) in [6.07, 6.45) is 0. The van der Waals surface area contributed by atoms with Gasteiger partial charge in [-0.05, 0) is 42.0 Å². The molecule has 3 heterocycles. The maximum absolute atomic E-state index is 14.7. The first-order valence-electron chi connectivity index (χ1n) is 14.5. The summed E-state index contributed by atoms with van der Waals surface area (Å²) >= 11 is 0. The highest BCUT2D eigenvalue weighted by atomic mass is 19.2. The van der Waals surface area contributed by atoms with Gasteiger partial charge in [0.15, 0.2) is 53.2 Å². The molecule has 0 amide bonds. The number of aliphatic imine (C=N–C) groups is 3. The van der Waals surface area contributed by atoms with Crippen molar-refractivity contribution in [2.75, 3.05) is 13.8 Å². The molecule has 0 fully saturated rings. The standard InChI is InChI=1S/C32H16BF11N6O/c1-45-28-12-4-18(36)19(37)5-13(12)29(46-28)47-31-14-6-20(38)21(39)7-15(14)32(50(31)33)48-30-11-3-17(35)16(34)2-10(11)8-49(30)9-51-27-25(43)23(41)22(40)24(42)26(27)44/h2-7H,8-9,33H2,1H3,(H,45,46,47)/b48-30-.